The fourth-order valence-electron chi connectivity index (χ4n) is 1.74. The lowest BCUT2D eigenvalue weighted by Crippen LogP contribution is -2.24. The second kappa shape index (κ2) is 7.60. The van der Waals surface area contributed by atoms with Crippen LogP contribution >= 0.6 is 11.8 Å². The average Bonchev–Trinajstić information content (AvgIpc) is 2.91. The zero-order chi connectivity index (χ0) is 15.9. The minimum atomic E-state index is -0.991. The van der Waals surface area contributed by atoms with Gasteiger partial charge in [0.15, 0.2) is 0 Å². The van der Waals surface area contributed by atoms with Gasteiger partial charge in [0.05, 0.1) is 18.5 Å². The van der Waals surface area contributed by atoms with Gasteiger partial charge < -0.3 is 10.4 Å². The standard InChI is InChI=1S/C14H16N4O3S/c1-10-4-2-3-5-12(10)22-9-13(19)15-6-11-7-18(17-16-11)8-14(20)21/h2-5,7H,6,8-9H2,1H3,(H,15,19)(H,20,21). The Balaban J connectivity index is 1.77. The molecule has 0 saturated carbocycles. The number of carboxylic acid groups (broad SMARTS) is 1. The summed E-state index contributed by atoms with van der Waals surface area (Å²) in [6, 6.07) is 7.87. The van der Waals surface area contributed by atoms with Crippen molar-refractivity contribution in [1.82, 2.24) is 20.3 Å². The third kappa shape index (κ3) is 4.88. The van der Waals surface area contributed by atoms with E-state index in [1.54, 1.807) is 0 Å². The Kier molecular flexibility index (Phi) is 5.54. The van der Waals surface area contributed by atoms with E-state index in [1.807, 2.05) is 31.2 Å². The Morgan fingerprint density at radius 1 is 1.36 bits per heavy atom. The molecule has 0 atom stereocenters. The summed E-state index contributed by atoms with van der Waals surface area (Å²) < 4.78 is 1.21. The van der Waals surface area contributed by atoms with Crippen LogP contribution in [0.3, 0.4) is 0 Å². The first-order valence-electron chi connectivity index (χ1n) is 6.60. The van der Waals surface area contributed by atoms with Crippen molar-refractivity contribution in [3.8, 4) is 0 Å². The number of aromatic nitrogens is 3. The first-order valence-corrected chi connectivity index (χ1v) is 7.59. The summed E-state index contributed by atoms with van der Waals surface area (Å²) in [6.45, 7) is 1.98. The van der Waals surface area contributed by atoms with E-state index < -0.39 is 5.97 Å². The Labute approximate surface area is 131 Å². The minimum absolute atomic E-state index is 0.110. The van der Waals surface area contributed by atoms with Gasteiger partial charge >= 0.3 is 5.97 Å². The number of nitrogens with one attached hydrogen (secondary N) is 1. The van der Waals surface area contributed by atoms with Crippen LogP contribution in [0.4, 0.5) is 0 Å². The van der Waals surface area contributed by atoms with Crippen LogP contribution < -0.4 is 5.32 Å². The molecule has 116 valence electrons. The lowest BCUT2D eigenvalue weighted by atomic mass is 10.2. The molecule has 7 nitrogen and oxygen atoms in total. The van der Waals surface area contributed by atoms with E-state index in [0.717, 1.165) is 10.5 Å². The van der Waals surface area contributed by atoms with E-state index in [9.17, 15) is 9.59 Å². The van der Waals surface area contributed by atoms with Crippen LogP contribution in [0.2, 0.25) is 0 Å². The fourth-order valence-corrected chi connectivity index (χ4v) is 2.60. The third-order valence-electron chi connectivity index (χ3n) is 2.80. The summed E-state index contributed by atoms with van der Waals surface area (Å²) in [7, 11) is 0. The number of carboxylic acids is 1. The van der Waals surface area contributed by atoms with Crippen LogP contribution in [0.25, 0.3) is 0 Å². The fraction of sp³-hybridized carbons (Fsp3) is 0.286. The van der Waals surface area contributed by atoms with Gasteiger partial charge in [-0.25, -0.2) is 4.68 Å². The highest BCUT2D eigenvalue weighted by Gasteiger charge is 2.07. The van der Waals surface area contributed by atoms with Crippen LogP contribution in [-0.4, -0.2) is 37.7 Å². The largest absolute Gasteiger partial charge is 0.480 e. The Hall–Kier alpha value is -2.35. The molecule has 0 unspecified atom stereocenters. The normalized spacial score (nSPS) is 10.4. The number of aryl methyl sites for hydroxylation is 1. The van der Waals surface area contributed by atoms with Crippen LogP contribution in [-0.2, 0) is 22.7 Å². The maximum Gasteiger partial charge on any atom is 0.325 e. The molecule has 0 aliphatic heterocycles. The van der Waals surface area contributed by atoms with Crippen molar-refractivity contribution in [3.05, 3.63) is 41.7 Å². The third-order valence-corrected chi connectivity index (χ3v) is 3.98. The minimum Gasteiger partial charge on any atom is -0.480 e. The SMILES string of the molecule is Cc1ccccc1SCC(=O)NCc1cn(CC(=O)O)nn1. The van der Waals surface area contributed by atoms with Crippen molar-refractivity contribution < 1.29 is 14.7 Å². The molecule has 1 aromatic heterocycles. The molecule has 1 amide bonds. The molecule has 0 spiro atoms. The van der Waals surface area contributed by atoms with E-state index in [1.165, 1.54) is 22.6 Å². The molecule has 0 fully saturated rings. The van der Waals surface area contributed by atoms with Gasteiger partial charge in [-0.05, 0) is 18.6 Å². The van der Waals surface area contributed by atoms with Crippen molar-refractivity contribution in [2.75, 3.05) is 5.75 Å². The molecule has 0 radical (unpaired) electrons. The second-order valence-corrected chi connectivity index (χ2v) is 5.65. The predicted octanol–water partition coefficient (Wildman–Crippen LogP) is 1.08. The Morgan fingerprint density at radius 2 is 2.14 bits per heavy atom. The van der Waals surface area contributed by atoms with E-state index >= 15 is 0 Å². The Bertz CT molecular complexity index is 672. The number of nitrogens with zero attached hydrogens (tertiary/aromatic N) is 3. The summed E-state index contributed by atoms with van der Waals surface area (Å²) >= 11 is 1.47. The number of carbonyl (C=O) groups is 2. The van der Waals surface area contributed by atoms with E-state index in [0.29, 0.717) is 11.4 Å². The van der Waals surface area contributed by atoms with Crippen molar-refractivity contribution in [3.63, 3.8) is 0 Å². The first-order chi connectivity index (χ1) is 10.5. The van der Waals surface area contributed by atoms with Gasteiger partial charge in [-0.3, -0.25) is 9.59 Å². The smallest absolute Gasteiger partial charge is 0.325 e. The monoisotopic (exact) mass is 320 g/mol. The summed E-state index contributed by atoms with van der Waals surface area (Å²) in [4.78, 5) is 23.4. The molecule has 0 aliphatic carbocycles. The van der Waals surface area contributed by atoms with Crippen LogP contribution in [0.1, 0.15) is 11.3 Å². The molecule has 2 rings (SSSR count). The van der Waals surface area contributed by atoms with Crippen molar-refractivity contribution in [2.24, 2.45) is 0 Å². The van der Waals surface area contributed by atoms with Gasteiger partial charge in [-0.15, -0.1) is 16.9 Å². The van der Waals surface area contributed by atoms with Gasteiger partial charge in [0.2, 0.25) is 5.91 Å². The summed E-state index contributed by atoms with van der Waals surface area (Å²) in [6.07, 6.45) is 1.50. The summed E-state index contributed by atoms with van der Waals surface area (Å²) in [5, 5.41) is 18.8. The molecule has 22 heavy (non-hydrogen) atoms. The van der Waals surface area contributed by atoms with E-state index in [2.05, 4.69) is 15.6 Å². The predicted molar refractivity (Wildman–Crippen MR) is 81.4 cm³/mol. The summed E-state index contributed by atoms with van der Waals surface area (Å²) in [5.74, 6) is -0.787. The van der Waals surface area contributed by atoms with Crippen molar-refractivity contribution in [2.45, 2.75) is 24.9 Å². The molecule has 2 aromatic rings. The van der Waals surface area contributed by atoms with Gasteiger partial charge in [-0.1, -0.05) is 23.4 Å². The van der Waals surface area contributed by atoms with Gasteiger partial charge in [0.25, 0.3) is 0 Å². The van der Waals surface area contributed by atoms with Crippen LogP contribution in [0, 0.1) is 6.92 Å². The lowest BCUT2D eigenvalue weighted by molar-refractivity contribution is -0.137. The molecule has 0 bridgehead atoms. The number of hydrogen-bond donors (Lipinski definition) is 2. The zero-order valence-electron chi connectivity index (χ0n) is 12.0. The number of amides is 1. The number of aliphatic carboxylic acids is 1. The number of carbonyl (C=O) groups excluding carboxylic acids is 1. The highest BCUT2D eigenvalue weighted by molar-refractivity contribution is 8.00. The number of thioether (sulfide) groups is 1. The molecular formula is C14H16N4O3S. The van der Waals surface area contributed by atoms with E-state index in [4.69, 9.17) is 5.11 Å². The molecule has 8 heteroatoms. The number of benzene rings is 1. The highest BCUT2D eigenvalue weighted by atomic mass is 32.2. The van der Waals surface area contributed by atoms with Crippen molar-refractivity contribution >= 4 is 23.6 Å². The zero-order valence-corrected chi connectivity index (χ0v) is 12.8. The topological polar surface area (TPSA) is 97.1 Å². The van der Waals surface area contributed by atoms with Crippen LogP contribution in [0.15, 0.2) is 35.4 Å². The van der Waals surface area contributed by atoms with Crippen molar-refractivity contribution in [1.29, 1.82) is 0 Å². The number of hydrogen-bond acceptors (Lipinski definition) is 5. The average molecular weight is 320 g/mol. The molecule has 2 N–H and O–H groups in total. The molecule has 0 aliphatic rings. The van der Waals surface area contributed by atoms with Gasteiger partial charge in [0.1, 0.15) is 12.2 Å². The second-order valence-electron chi connectivity index (χ2n) is 4.63. The van der Waals surface area contributed by atoms with E-state index in [-0.39, 0.29) is 19.0 Å². The lowest BCUT2D eigenvalue weighted by Gasteiger charge is -2.05. The van der Waals surface area contributed by atoms with Gasteiger partial charge in [-0.2, -0.15) is 0 Å². The van der Waals surface area contributed by atoms with Gasteiger partial charge in [0, 0.05) is 4.90 Å². The molecule has 1 aromatic carbocycles. The quantitative estimate of drug-likeness (QED) is 0.741. The maximum atomic E-state index is 11.8. The maximum absolute atomic E-state index is 11.8. The highest BCUT2D eigenvalue weighted by Crippen LogP contribution is 2.21. The Morgan fingerprint density at radius 3 is 2.86 bits per heavy atom. The molecular weight excluding hydrogens is 304 g/mol. The number of rotatable bonds is 7. The van der Waals surface area contributed by atoms with Crippen LogP contribution in [0.5, 0.6) is 0 Å². The molecule has 0 saturated heterocycles. The first kappa shape index (κ1) is 16.0. The summed E-state index contributed by atoms with van der Waals surface area (Å²) in [5.41, 5.74) is 1.66. The molecule has 1 heterocycles.